The lowest BCUT2D eigenvalue weighted by Crippen LogP contribution is -2.10. The highest BCUT2D eigenvalue weighted by atomic mass is 16.5. The van der Waals surface area contributed by atoms with Gasteiger partial charge in [-0.05, 0) is 38.5 Å². The summed E-state index contributed by atoms with van der Waals surface area (Å²) in [5, 5.41) is 10.2. The molecule has 0 radical (unpaired) electrons. The second kappa shape index (κ2) is 4.78. The first-order chi connectivity index (χ1) is 8.34. The Morgan fingerprint density at radius 2 is 2.35 bits per heavy atom. The van der Waals surface area contributed by atoms with E-state index in [9.17, 15) is 5.11 Å². The fourth-order valence-electron chi connectivity index (χ4n) is 2.59. The van der Waals surface area contributed by atoms with E-state index in [1.165, 1.54) is 19.3 Å². The summed E-state index contributed by atoms with van der Waals surface area (Å²) in [4.78, 5) is 4.16. The molecule has 2 heterocycles. The van der Waals surface area contributed by atoms with Crippen molar-refractivity contribution in [1.29, 1.82) is 0 Å². The van der Waals surface area contributed by atoms with Crippen molar-refractivity contribution in [2.75, 3.05) is 6.61 Å². The Balaban J connectivity index is 1.56. The molecule has 4 nitrogen and oxygen atoms in total. The van der Waals surface area contributed by atoms with Crippen molar-refractivity contribution < 1.29 is 9.84 Å². The van der Waals surface area contributed by atoms with Gasteiger partial charge in [-0.25, -0.2) is 4.98 Å². The number of aromatic nitrogens is 2. The van der Waals surface area contributed by atoms with Gasteiger partial charge in [0.05, 0.1) is 30.4 Å². The fraction of sp³-hybridized carbons (Fsp3) is 0.769. The summed E-state index contributed by atoms with van der Waals surface area (Å²) >= 11 is 0. The number of nitrogens with zero attached hydrogens (tertiary/aromatic N) is 2. The number of hydrogen-bond acceptors (Lipinski definition) is 3. The number of imidazole rings is 1. The van der Waals surface area contributed by atoms with E-state index in [1.54, 1.807) is 6.20 Å². The molecule has 1 aliphatic heterocycles. The highest BCUT2D eigenvalue weighted by molar-refractivity contribution is 5.06. The third-order valence-electron chi connectivity index (χ3n) is 3.76. The molecule has 1 aromatic rings. The maximum absolute atomic E-state index is 10.2. The maximum atomic E-state index is 10.2. The van der Waals surface area contributed by atoms with Crippen LogP contribution < -0.4 is 0 Å². The molecule has 2 unspecified atom stereocenters. The van der Waals surface area contributed by atoms with Crippen LogP contribution in [-0.2, 0) is 4.74 Å². The molecule has 1 N–H and O–H groups in total. The predicted octanol–water partition coefficient (Wildman–Crippen LogP) is 2.21. The molecule has 1 aliphatic carbocycles. The highest BCUT2D eigenvalue weighted by Gasteiger charge is 2.27. The van der Waals surface area contributed by atoms with E-state index in [-0.39, 0.29) is 6.10 Å². The zero-order valence-electron chi connectivity index (χ0n) is 10.1. The largest absolute Gasteiger partial charge is 0.387 e. The first-order valence-corrected chi connectivity index (χ1v) is 6.66. The van der Waals surface area contributed by atoms with Gasteiger partial charge in [0.15, 0.2) is 0 Å². The van der Waals surface area contributed by atoms with E-state index < -0.39 is 0 Å². The average Bonchev–Trinajstić information content (AvgIpc) is 2.88. The van der Waals surface area contributed by atoms with Crippen LogP contribution in [0.1, 0.15) is 56.4 Å². The standard InChI is InChI=1S/C13H20N2O2/c16-13(6-5-11-2-1-7-17-11)12-8-14-9-15(12)10-3-4-10/h8-11,13,16H,1-7H2. The van der Waals surface area contributed by atoms with Crippen molar-refractivity contribution in [2.24, 2.45) is 0 Å². The Morgan fingerprint density at radius 1 is 1.47 bits per heavy atom. The predicted molar refractivity (Wildman–Crippen MR) is 63.7 cm³/mol. The van der Waals surface area contributed by atoms with Crippen LogP contribution in [0.2, 0.25) is 0 Å². The minimum Gasteiger partial charge on any atom is -0.387 e. The lowest BCUT2D eigenvalue weighted by Gasteiger charge is -2.15. The second-order valence-corrected chi connectivity index (χ2v) is 5.19. The summed E-state index contributed by atoms with van der Waals surface area (Å²) in [6.07, 6.45) is 10.1. The first kappa shape index (κ1) is 11.2. The number of aliphatic hydroxyl groups is 1. The summed E-state index contributed by atoms with van der Waals surface area (Å²) in [5.74, 6) is 0. The SMILES string of the molecule is OC(CCC1CCCO1)c1cncn1C1CC1. The molecule has 2 aliphatic rings. The fourth-order valence-corrected chi connectivity index (χ4v) is 2.59. The Bertz CT molecular complexity index is 367. The normalized spacial score (nSPS) is 26.3. The third kappa shape index (κ3) is 2.53. The van der Waals surface area contributed by atoms with Crippen molar-refractivity contribution in [3.63, 3.8) is 0 Å². The van der Waals surface area contributed by atoms with Crippen LogP contribution in [0.4, 0.5) is 0 Å². The molecule has 0 bridgehead atoms. The van der Waals surface area contributed by atoms with Crippen LogP contribution in [0.3, 0.4) is 0 Å². The van der Waals surface area contributed by atoms with E-state index >= 15 is 0 Å². The first-order valence-electron chi connectivity index (χ1n) is 6.66. The van der Waals surface area contributed by atoms with Crippen LogP contribution in [-0.4, -0.2) is 27.4 Å². The maximum Gasteiger partial charge on any atom is 0.0956 e. The monoisotopic (exact) mass is 236 g/mol. The minimum atomic E-state index is -0.387. The molecular weight excluding hydrogens is 216 g/mol. The van der Waals surface area contributed by atoms with Crippen molar-refractivity contribution in [2.45, 2.75) is 56.8 Å². The molecule has 3 rings (SSSR count). The van der Waals surface area contributed by atoms with Crippen LogP contribution in [0, 0.1) is 0 Å². The van der Waals surface area contributed by atoms with E-state index in [0.29, 0.717) is 12.1 Å². The summed E-state index contributed by atoms with van der Waals surface area (Å²) in [6, 6.07) is 0.588. The van der Waals surface area contributed by atoms with Crippen molar-refractivity contribution in [1.82, 2.24) is 9.55 Å². The van der Waals surface area contributed by atoms with Gasteiger partial charge in [0.25, 0.3) is 0 Å². The molecule has 17 heavy (non-hydrogen) atoms. The van der Waals surface area contributed by atoms with E-state index in [1.807, 2.05) is 6.33 Å². The molecule has 1 saturated heterocycles. The van der Waals surface area contributed by atoms with Crippen LogP contribution >= 0.6 is 0 Å². The van der Waals surface area contributed by atoms with Gasteiger partial charge in [-0.1, -0.05) is 0 Å². The molecule has 0 amide bonds. The Kier molecular flexibility index (Phi) is 3.16. The van der Waals surface area contributed by atoms with E-state index in [2.05, 4.69) is 9.55 Å². The lowest BCUT2D eigenvalue weighted by molar-refractivity contribution is 0.0792. The van der Waals surface area contributed by atoms with Gasteiger partial charge in [0, 0.05) is 12.6 Å². The molecular formula is C13H20N2O2. The Morgan fingerprint density at radius 3 is 3.06 bits per heavy atom. The summed E-state index contributed by atoms with van der Waals surface area (Å²) < 4.78 is 7.72. The van der Waals surface area contributed by atoms with E-state index in [4.69, 9.17) is 4.74 Å². The second-order valence-electron chi connectivity index (χ2n) is 5.19. The molecule has 1 saturated carbocycles. The van der Waals surface area contributed by atoms with Crippen LogP contribution in [0.5, 0.6) is 0 Å². The summed E-state index contributed by atoms with van der Waals surface area (Å²) in [5.41, 5.74) is 0.977. The van der Waals surface area contributed by atoms with Gasteiger partial charge in [-0.2, -0.15) is 0 Å². The molecule has 1 aromatic heterocycles. The van der Waals surface area contributed by atoms with Gasteiger partial charge in [-0.15, -0.1) is 0 Å². The van der Waals surface area contributed by atoms with Gasteiger partial charge in [0.2, 0.25) is 0 Å². The summed E-state index contributed by atoms with van der Waals surface area (Å²) in [6.45, 7) is 0.890. The minimum absolute atomic E-state index is 0.363. The van der Waals surface area contributed by atoms with Crippen molar-refractivity contribution in [3.8, 4) is 0 Å². The quantitative estimate of drug-likeness (QED) is 0.852. The van der Waals surface area contributed by atoms with Gasteiger partial charge in [0.1, 0.15) is 0 Å². The topological polar surface area (TPSA) is 47.3 Å². The lowest BCUT2D eigenvalue weighted by atomic mass is 10.1. The molecule has 2 fully saturated rings. The van der Waals surface area contributed by atoms with Crippen LogP contribution in [0.15, 0.2) is 12.5 Å². The van der Waals surface area contributed by atoms with Gasteiger partial charge < -0.3 is 14.4 Å². The molecule has 4 heteroatoms. The average molecular weight is 236 g/mol. The molecule has 0 aromatic carbocycles. The van der Waals surface area contributed by atoms with Gasteiger partial charge in [-0.3, -0.25) is 0 Å². The zero-order valence-corrected chi connectivity index (χ0v) is 10.1. The number of hydrogen-bond donors (Lipinski definition) is 1. The number of ether oxygens (including phenoxy) is 1. The molecule has 2 atom stereocenters. The third-order valence-corrected chi connectivity index (χ3v) is 3.76. The number of rotatable bonds is 5. The molecule has 94 valence electrons. The van der Waals surface area contributed by atoms with Crippen molar-refractivity contribution >= 4 is 0 Å². The summed E-state index contributed by atoms with van der Waals surface area (Å²) in [7, 11) is 0. The Labute approximate surface area is 102 Å². The zero-order chi connectivity index (χ0) is 11.7. The molecule has 0 spiro atoms. The van der Waals surface area contributed by atoms with Crippen LogP contribution in [0.25, 0.3) is 0 Å². The van der Waals surface area contributed by atoms with E-state index in [0.717, 1.165) is 31.6 Å². The highest BCUT2D eigenvalue weighted by Crippen LogP contribution is 2.37. The van der Waals surface area contributed by atoms with Gasteiger partial charge >= 0.3 is 0 Å². The number of aliphatic hydroxyl groups excluding tert-OH is 1. The smallest absolute Gasteiger partial charge is 0.0956 e. The Hall–Kier alpha value is -0.870. The van der Waals surface area contributed by atoms with Crippen molar-refractivity contribution in [3.05, 3.63) is 18.2 Å².